The highest BCUT2D eigenvalue weighted by atomic mass is 16.5. The van der Waals surface area contributed by atoms with Crippen molar-refractivity contribution in [3.8, 4) is 17.2 Å². The van der Waals surface area contributed by atoms with Crippen molar-refractivity contribution in [3.63, 3.8) is 0 Å². The van der Waals surface area contributed by atoms with Gasteiger partial charge in [-0.3, -0.25) is 14.4 Å². The molecule has 2 N–H and O–H groups in total. The van der Waals surface area contributed by atoms with Crippen LogP contribution in [0, 0.1) is 0 Å². The van der Waals surface area contributed by atoms with Crippen LogP contribution in [0.1, 0.15) is 6.92 Å². The summed E-state index contributed by atoms with van der Waals surface area (Å²) in [5.74, 6) is 0.170. The van der Waals surface area contributed by atoms with E-state index in [9.17, 15) is 14.4 Å². The van der Waals surface area contributed by atoms with Crippen LogP contribution in [0.4, 0.5) is 11.4 Å². The zero-order chi connectivity index (χ0) is 20.1. The summed E-state index contributed by atoms with van der Waals surface area (Å²) in [5.41, 5.74) is 0.861. The molecule has 2 amide bonds. The zero-order valence-electron chi connectivity index (χ0n) is 15.3. The van der Waals surface area contributed by atoms with E-state index in [2.05, 4.69) is 15.7 Å². The number of furan rings is 1. The number of carbonyl (C=O) groups excluding carboxylic acids is 2. The lowest BCUT2D eigenvalue weighted by Gasteiger charge is -2.13. The highest BCUT2D eigenvalue weighted by Gasteiger charge is 2.12. The van der Waals surface area contributed by atoms with Crippen LogP contribution in [-0.2, 0) is 16.1 Å². The minimum atomic E-state index is -0.482. The number of benzene rings is 1. The highest BCUT2D eigenvalue weighted by Crippen LogP contribution is 2.27. The molecule has 0 fully saturated rings. The van der Waals surface area contributed by atoms with Crippen molar-refractivity contribution >= 4 is 23.2 Å². The second-order valence-corrected chi connectivity index (χ2v) is 5.84. The first-order valence-corrected chi connectivity index (χ1v) is 8.34. The summed E-state index contributed by atoms with van der Waals surface area (Å²) >= 11 is 0. The molecule has 28 heavy (non-hydrogen) atoms. The molecule has 0 unspecified atom stereocenters. The Morgan fingerprint density at radius 2 is 2.00 bits per heavy atom. The molecule has 0 saturated carbocycles. The van der Waals surface area contributed by atoms with Crippen molar-refractivity contribution in [1.82, 2.24) is 9.78 Å². The Morgan fingerprint density at radius 3 is 2.68 bits per heavy atom. The monoisotopic (exact) mass is 382 g/mol. The Kier molecular flexibility index (Phi) is 5.54. The number of aromatic nitrogens is 2. The zero-order valence-corrected chi connectivity index (χ0v) is 15.3. The van der Waals surface area contributed by atoms with Crippen LogP contribution in [-0.4, -0.2) is 28.7 Å². The molecule has 3 rings (SSSR count). The first-order chi connectivity index (χ1) is 13.5. The molecule has 9 nitrogen and oxygen atoms in total. The topological polar surface area (TPSA) is 115 Å². The maximum Gasteiger partial charge on any atom is 0.267 e. The van der Waals surface area contributed by atoms with Gasteiger partial charge in [-0.1, -0.05) is 0 Å². The molecule has 0 saturated heterocycles. The standard InChI is InChI=1S/C19H18N4O5/c1-12(24)20-13-5-7-16(27-2)15(10-13)21-18(25)11-23-19(26)8-6-14(22-23)17-4-3-9-28-17/h3-10H,11H2,1-2H3,(H,20,24)(H,21,25). The lowest BCUT2D eigenvalue weighted by Crippen LogP contribution is -2.29. The Hall–Kier alpha value is -3.88. The van der Waals surface area contributed by atoms with Gasteiger partial charge in [0, 0.05) is 18.7 Å². The third-order valence-electron chi connectivity index (χ3n) is 3.73. The van der Waals surface area contributed by atoms with Crippen LogP contribution in [0.15, 0.2) is 57.9 Å². The number of ether oxygens (including phenoxy) is 1. The van der Waals surface area contributed by atoms with E-state index in [0.29, 0.717) is 28.6 Å². The van der Waals surface area contributed by atoms with Gasteiger partial charge in [0.15, 0.2) is 5.76 Å². The van der Waals surface area contributed by atoms with Gasteiger partial charge < -0.3 is 19.8 Å². The molecular weight excluding hydrogens is 364 g/mol. The van der Waals surface area contributed by atoms with E-state index >= 15 is 0 Å². The van der Waals surface area contributed by atoms with Crippen molar-refractivity contribution in [3.05, 3.63) is 59.1 Å². The van der Waals surface area contributed by atoms with Crippen molar-refractivity contribution in [2.45, 2.75) is 13.5 Å². The van der Waals surface area contributed by atoms with Crippen LogP contribution in [0.5, 0.6) is 5.75 Å². The molecule has 144 valence electrons. The maximum atomic E-state index is 12.5. The Bertz CT molecular complexity index is 1060. The molecule has 0 atom stereocenters. The van der Waals surface area contributed by atoms with E-state index in [1.165, 1.54) is 32.4 Å². The number of rotatable bonds is 6. The van der Waals surface area contributed by atoms with E-state index in [0.717, 1.165) is 4.68 Å². The first kappa shape index (κ1) is 18.9. The predicted molar refractivity (Wildman–Crippen MR) is 102 cm³/mol. The molecule has 2 aromatic heterocycles. The van der Waals surface area contributed by atoms with Gasteiger partial charge in [0.25, 0.3) is 5.56 Å². The second-order valence-electron chi connectivity index (χ2n) is 5.84. The summed E-state index contributed by atoms with van der Waals surface area (Å²) in [6.45, 7) is 1.08. The van der Waals surface area contributed by atoms with Crippen LogP contribution in [0.3, 0.4) is 0 Å². The smallest absolute Gasteiger partial charge is 0.267 e. The van der Waals surface area contributed by atoms with Gasteiger partial charge in [0.2, 0.25) is 11.8 Å². The number of amides is 2. The van der Waals surface area contributed by atoms with Gasteiger partial charge in [-0.2, -0.15) is 5.10 Å². The highest BCUT2D eigenvalue weighted by molar-refractivity contribution is 5.94. The van der Waals surface area contributed by atoms with Gasteiger partial charge in [-0.05, 0) is 36.4 Å². The molecule has 9 heteroatoms. The van der Waals surface area contributed by atoms with Gasteiger partial charge in [0.1, 0.15) is 18.0 Å². The Labute approximate surface area is 159 Å². The van der Waals surface area contributed by atoms with E-state index in [1.54, 1.807) is 30.3 Å². The fourth-order valence-electron chi connectivity index (χ4n) is 2.53. The summed E-state index contributed by atoms with van der Waals surface area (Å²) in [6.07, 6.45) is 1.49. The number of carbonyl (C=O) groups is 2. The molecule has 3 aromatic rings. The summed E-state index contributed by atoms with van der Waals surface area (Å²) in [5, 5.41) is 9.45. The van der Waals surface area contributed by atoms with Crippen molar-refractivity contribution in [2.24, 2.45) is 0 Å². The Balaban J connectivity index is 1.80. The fraction of sp³-hybridized carbons (Fsp3) is 0.158. The number of nitrogens with zero attached hydrogens (tertiary/aromatic N) is 2. The van der Waals surface area contributed by atoms with E-state index in [1.807, 2.05) is 0 Å². The summed E-state index contributed by atoms with van der Waals surface area (Å²) in [4.78, 5) is 35.7. The van der Waals surface area contributed by atoms with Crippen LogP contribution >= 0.6 is 0 Å². The van der Waals surface area contributed by atoms with E-state index < -0.39 is 11.5 Å². The third kappa shape index (κ3) is 4.44. The van der Waals surface area contributed by atoms with Crippen molar-refractivity contribution < 1.29 is 18.7 Å². The van der Waals surface area contributed by atoms with Crippen LogP contribution in [0.25, 0.3) is 11.5 Å². The minimum absolute atomic E-state index is 0.243. The largest absolute Gasteiger partial charge is 0.495 e. The fourth-order valence-corrected chi connectivity index (χ4v) is 2.53. The predicted octanol–water partition coefficient (Wildman–Crippen LogP) is 2.11. The number of anilines is 2. The van der Waals surface area contributed by atoms with E-state index in [4.69, 9.17) is 9.15 Å². The summed E-state index contributed by atoms with van der Waals surface area (Å²) in [7, 11) is 1.46. The van der Waals surface area contributed by atoms with Gasteiger partial charge in [0.05, 0.1) is 19.1 Å². The van der Waals surface area contributed by atoms with Gasteiger partial charge >= 0.3 is 0 Å². The summed E-state index contributed by atoms with van der Waals surface area (Å²) in [6, 6.07) is 11.1. The molecule has 0 aliphatic carbocycles. The maximum absolute atomic E-state index is 12.5. The quantitative estimate of drug-likeness (QED) is 0.675. The van der Waals surface area contributed by atoms with Gasteiger partial charge in [-0.25, -0.2) is 4.68 Å². The average molecular weight is 382 g/mol. The van der Waals surface area contributed by atoms with Crippen LogP contribution in [0.2, 0.25) is 0 Å². The molecular formula is C19H18N4O5. The second kappa shape index (κ2) is 8.21. The first-order valence-electron chi connectivity index (χ1n) is 8.34. The molecule has 0 bridgehead atoms. The number of hydrogen-bond donors (Lipinski definition) is 2. The third-order valence-corrected chi connectivity index (χ3v) is 3.73. The molecule has 0 spiro atoms. The lowest BCUT2D eigenvalue weighted by atomic mass is 10.2. The van der Waals surface area contributed by atoms with Crippen molar-refractivity contribution in [2.75, 3.05) is 17.7 Å². The average Bonchev–Trinajstić information content (AvgIpc) is 3.18. The molecule has 2 heterocycles. The molecule has 0 aliphatic rings. The normalized spacial score (nSPS) is 10.4. The van der Waals surface area contributed by atoms with Crippen molar-refractivity contribution in [1.29, 1.82) is 0 Å². The lowest BCUT2D eigenvalue weighted by molar-refractivity contribution is -0.117. The SMILES string of the molecule is COc1ccc(NC(C)=O)cc1NC(=O)Cn1nc(-c2ccco2)ccc1=O. The molecule has 1 aromatic carbocycles. The minimum Gasteiger partial charge on any atom is -0.495 e. The van der Waals surface area contributed by atoms with Gasteiger partial charge in [-0.15, -0.1) is 0 Å². The number of hydrogen-bond acceptors (Lipinski definition) is 6. The van der Waals surface area contributed by atoms with Crippen LogP contribution < -0.4 is 20.9 Å². The summed E-state index contributed by atoms with van der Waals surface area (Å²) < 4.78 is 11.5. The molecule has 0 aliphatic heterocycles. The Morgan fingerprint density at radius 1 is 1.18 bits per heavy atom. The molecule has 0 radical (unpaired) electrons. The number of nitrogens with one attached hydrogen (secondary N) is 2. The number of methoxy groups -OCH3 is 1. The van der Waals surface area contributed by atoms with E-state index in [-0.39, 0.29) is 12.5 Å².